The van der Waals surface area contributed by atoms with Crippen LogP contribution >= 0.6 is 0 Å². The van der Waals surface area contributed by atoms with Crippen molar-refractivity contribution in [3.8, 4) is 0 Å². The largest absolute Gasteiger partial charge is 0.423 e. The van der Waals surface area contributed by atoms with Gasteiger partial charge in [0.05, 0.1) is 22.2 Å². The second-order valence-corrected chi connectivity index (χ2v) is 8.95. The first-order valence-corrected chi connectivity index (χ1v) is 10.7. The third-order valence-electron chi connectivity index (χ3n) is 4.85. The smallest absolute Gasteiger partial charge is 0.331 e. The molecule has 0 saturated carbocycles. The van der Waals surface area contributed by atoms with Gasteiger partial charge >= 0.3 is 5.97 Å². The second-order valence-electron chi connectivity index (χ2n) is 7.13. The Labute approximate surface area is 173 Å². The van der Waals surface area contributed by atoms with Crippen molar-refractivity contribution in [1.82, 2.24) is 9.21 Å². The molecule has 0 saturated heterocycles. The molecule has 2 amide bonds. The topological polar surface area (TPSA) is 101 Å². The molecule has 30 heavy (non-hydrogen) atoms. The van der Waals surface area contributed by atoms with Crippen LogP contribution in [0.1, 0.15) is 40.1 Å². The highest BCUT2D eigenvalue weighted by molar-refractivity contribution is 7.89. The molecule has 2 aliphatic rings. The van der Waals surface area contributed by atoms with Gasteiger partial charge in [-0.05, 0) is 38.1 Å². The molecule has 0 bridgehead atoms. The van der Waals surface area contributed by atoms with E-state index in [1.54, 1.807) is 38.1 Å². The van der Waals surface area contributed by atoms with Crippen molar-refractivity contribution in [1.29, 1.82) is 0 Å². The first kappa shape index (κ1) is 19.8. The SMILES string of the molecule is CC(C)N1C=C(OC(=O)CN2C(=O)c3ccccc3C2=O)c2ccccc2S1(=O)=O. The van der Waals surface area contributed by atoms with Crippen molar-refractivity contribution >= 4 is 33.6 Å². The Kier molecular flexibility index (Phi) is 4.70. The standard InChI is InChI=1S/C21H18N2O6S/c1-13(2)23-11-17(16-9-5-6-10-18(16)30(23,27)28)29-19(24)12-22-20(25)14-7-3-4-8-15(14)21(22)26/h3-11,13H,12H2,1-2H3. The summed E-state index contributed by atoms with van der Waals surface area (Å²) in [5, 5.41) is 0. The van der Waals surface area contributed by atoms with E-state index in [2.05, 4.69) is 0 Å². The van der Waals surface area contributed by atoms with E-state index in [0.717, 1.165) is 9.21 Å². The van der Waals surface area contributed by atoms with Crippen LogP contribution in [0.2, 0.25) is 0 Å². The first-order chi connectivity index (χ1) is 14.2. The second kappa shape index (κ2) is 7.10. The highest BCUT2D eigenvalue weighted by atomic mass is 32.2. The van der Waals surface area contributed by atoms with Gasteiger partial charge in [0.1, 0.15) is 6.54 Å². The molecule has 0 fully saturated rings. The van der Waals surface area contributed by atoms with Crippen LogP contribution in [0.3, 0.4) is 0 Å². The minimum atomic E-state index is -3.78. The number of nitrogens with zero attached hydrogens (tertiary/aromatic N) is 2. The normalized spacial score (nSPS) is 17.0. The van der Waals surface area contributed by atoms with Crippen molar-refractivity contribution in [2.75, 3.05) is 6.54 Å². The summed E-state index contributed by atoms with van der Waals surface area (Å²) in [6, 6.07) is 12.1. The van der Waals surface area contributed by atoms with Gasteiger partial charge in [0, 0.05) is 11.6 Å². The Hall–Kier alpha value is -3.46. The van der Waals surface area contributed by atoms with Crippen LogP contribution in [0.4, 0.5) is 0 Å². The zero-order chi connectivity index (χ0) is 21.6. The van der Waals surface area contributed by atoms with Crippen LogP contribution in [0.5, 0.6) is 0 Å². The van der Waals surface area contributed by atoms with E-state index >= 15 is 0 Å². The Morgan fingerprint density at radius 3 is 2.03 bits per heavy atom. The highest BCUT2D eigenvalue weighted by Crippen LogP contribution is 2.34. The fourth-order valence-electron chi connectivity index (χ4n) is 3.44. The van der Waals surface area contributed by atoms with Gasteiger partial charge in [-0.1, -0.05) is 24.3 Å². The molecule has 2 aromatic carbocycles. The molecule has 0 aromatic heterocycles. The number of hydrogen-bond donors (Lipinski definition) is 0. The van der Waals surface area contributed by atoms with Gasteiger partial charge in [0.25, 0.3) is 21.8 Å². The minimum Gasteiger partial charge on any atom is -0.423 e. The quantitative estimate of drug-likeness (QED) is 0.549. The first-order valence-electron chi connectivity index (χ1n) is 9.22. The summed E-state index contributed by atoms with van der Waals surface area (Å²) in [5.41, 5.74) is 0.703. The summed E-state index contributed by atoms with van der Waals surface area (Å²) in [7, 11) is -3.78. The number of carbonyl (C=O) groups excluding carboxylic acids is 3. The molecule has 0 atom stereocenters. The van der Waals surface area contributed by atoms with E-state index in [0.29, 0.717) is 0 Å². The fraction of sp³-hybridized carbons (Fsp3) is 0.190. The molecule has 0 unspecified atom stereocenters. The zero-order valence-corrected chi connectivity index (χ0v) is 17.0. The number of ether oxygens (including phenoxy) is 1. The number of amides is 2. The Balaban J connectivity index is 1.61. The molecule has 0 radical (unpaired) electrons. The summed E-state index contributed by atoms with van der Waals surface area (Å²) < 4.78 is 32.2. The molecule has 2 aliphatic heterocycles. The van der Waals surface area contributed by atoms with Gasteiger partial charge in [-0.25, -0.2) is 13.2 Å². The summed E-state index contributed by atoms with van der Waals surface area (Å²) in [4.78, 5) is 38.3. The van der Waals surface area contributed by atoms with Crippen molar-refractivity contribution in [2.45, 2.75) is 24.8 Å². The van der Waals surface area contributed by atoms with Gasteiger partial charge in [-0.3, -0.25) is 18.8 Å². The van der Waals surface area contributed by atoms with Crippen molar-refractivity contribution in [3.63, 3.8) is 0 Å². The maximum Gasteiger partial charge on any atom is 0.331 e. The van der Waals surface area contributed by atoms with E-state index in [4.69, 9.17) is 4.74 Å². The Morgan fingerprint density at radius 2 is 1.47 bits per heavy atom. The number of carbonyl (C=O) groups is 3. The van der Waals surface area contributed by atoms with E-state index in [1.165, 1.54) is 30.5 Å². The van der Waals surface area contributed by atoms with Crippen molar-refractivity contribution in [2.24, 2.45) is 0 Å². The van der Waals surface area contributed by atoms with E-state index in [9.17, 15) is 22.8 Å². The third kappa shape index (κ3) is 3.07. The predicted octanol–water partition coefficient (Wildman–Crippen LogP) is 2.24. The van der Waals surface area contributed by atoms with Crippen LogP contribution < -0.4 is 0 Å². The van der Waals surface area contributed by atoms with Crippen LogP contribution in [-0.2, 0) is 19.6 Å². The van der Waals surface area contributed by atoms with E-state index in [-0.39, 0.29) is 27.3 Å². The molecule has 154 valence electrons. The minimum absolute atomic E-state index is 0.0183. The van der Waals surface area contributed by atoms with Gasteiger partial charge in [0.15, 0.2) is 5.76 Å². The summed E-state index contributed by atoms with van der Waals surface area (Å²) >= 11 is 0. The summed E-state index contributed by atoms with van der Waals surface area (Å²) in [6.07, 6.45) is 1.25. The molecule has 0 N–H and O–H groups in total. The van der Waals surface area contributed by atoms with Gasteiger partial charge < -0.3 is 4.74 Å². The molecular formula is C21H18N2O6S. The van der Waals surface area contributed by atoms with Crippen molar-refractivity contribution < 1.29 is 27.5 Å². The number of esters is 1. The van der Waals surface area contributed by atoms with Crippen LogP contribution in [-0.4, -0.2) is 48.0 Å². The molecule has 4 rings (SSSR count). The number of fused-ring (bicyclic) bond motifs is 2. The monoisotopic (exact) mass is 426 g/mol. The zero-order valence-electron chi connectivity index (χ0n) is 16.2. The molecule has 0 aliphatic carbocycles. The van der Waals surface area contributed by atoms with Gasteiger partial charge in [-0.2, -0.15) is 0 Å². The van der Waals surface area contributed by atoms with Crippen LogP contribution in [0.15, 0.2) is 59.6 Å². The molecule has 2 heterocycles. The molecule has 0 spiro atoms. The maximum absolute atomic E-state index is 12.8. The van der Waals surface area contributed by atoms with E-state index in [1.807, 2.05) is 0 Å². The fourth-order valence-corrected chi connectivity index (χ4v) is 5.15. The Bertz CT molecular complexity index is 1180. The number of hydrogen-bond acceptors (Lipinski definition) is 6. The van der Waals surface area contributed by atoms with Crippen LogP contribution in [0.25, 0.3) is 5.76 Å². The highest BCUT2D eigenvalue weighted by Gasteiger charge is 2.38. The third-order valence-corrected chi connectivity index (χ3v) is 6.84. The molecule has 8 nitrogen and oxygen atoms in total. The number of imide groups is 1. The molecule has 9 heteroatoms. The number of sulfonamides is 1. The average molecular weight is 426 g/mol. The Morgan fingerprint density at radius 1 is 0.933 bits per heavy atom. The van der Waals surface area contributed by atoms with Gasteiger partial charge in [-0.15, -0.1) is 0 Å². The van der Waals surface area contributed by atoms with E-state index < -0.39 is 40.4 Å². The molecular weight excluding hydrogens is 408 g/mol. The molecule has 2 aromatic rings. The number of benzene rings is 2. The lowest BCUT2D eigenvalue weighted by atomic mass is 10.1. The lowest BCUT2D eigenvalue weighted by Crippen LogP contribution is -2.37. The lowest BCUT2D eigenvalue weighted by molar-refractivity contribution is -0.137. The van der Waals surface area contributed by atoms with Gasteiger partial charge in [0.2, 0.25) is 0 Å². The van der Waals surface area contributed by atoms with Crippen molar-refractivity contribution in [3.05, 3.63) is 71.4 Å². The predicted molar refractivity (Wildman–Crippen MR) is 106 cm³/mol. The summed E-state index contributed by atoms with van der Waals surface area (Å²) in [5.74, 6) is -1.96. The maximum atomic E-state index is 12.8. The summed E-state index contributed by atoms with van der Waals surface area (Å²) in [6.45, 7) is 2.81. The number of rotatable bonds is 4. The lowest BCUT2D eigenvalue weighted by Gasteiger charge is -2.30. The average Bonchev–Trinajstić information content (AvgIpc) is 2.95. The van der Waals surface area contributed by atoms with Crippen LogP contribution in [0, 0.1) is 0 Å².